The number of pyridine rings is 2. The number of hydrogen-bond donors (Lipinski definition) is 3. The number of nitrogens with one attached hydrogen (secondary N) is 2. The van der Waals surface area contributed by atoms with Crippen molar-refractivity contribution in [2.24, 2.45) is 0 Å². The molecule has 0 unspecified atom stereocenters. The predicted molar refractivity (Wildman–Crippen MR) is 94.8 cm³/mol. The van der Waals surface area contributed by atoms with Crippen LogP contribution in [0.4, 0.5) is 5.82 Å². The quantitative estimate of drug-likeness (QED) is 0.533. The third-order valence-corrected chi connectivity index (χ3v) is 3.88. The number of aromatic amines is 1. The lowest BCUT2D eigenvalue weighted by Crippen LogP contribution is -2.02. The number of anilines is 1. The fourth-order valence-corrected chi connectivity index (χ4v) is 2.74. The first kappa shape index (κ1) is 14.3. The van der Waals surface area contributed by atoms with Crippen molar-refractivity contribution in [1.29, 1.82) is 0 Å². The van der Waals surface area contributed by atoms with E-state index in [-0.39, 0.29) is 5.75 Å². The molecule has 4 aromatic rings. The molecule has 0 amide bonds. The van der Waals surface area contributed by atoms with Gasteiger partial charge in [0.2, 0.25) is 0 Å². The van der Waals surface area contributed by atoms with Crippen molar-refractivity contribution in [3.63, 3.8) is 0 Å². The predicted octanol–water partition coefficient (Wildman–Crippen LogP) is 3.94. The van der Waals surface area contributed by atoms with Crippen LogP contribution in [0.3, 0.4) is 0 Å². The Morgan fingerprint density at radius 3 is 2.88 bits per heavy atom. The molecule has 3 aromatic heterocycles. The molecule has 0 fully saturated rings. The Labute approximate surface area is 139 Å². The van der Waals surface area contributed by atoms with Crippen molar-refractivity contribution in [1.82, 2.24) is 15.0 Å². The molecular formula is C19H16N4O. The molecule has 24 heavy (non-hydrogen) atoms. The summed E-state index contributed by atoms with van der Waals surface area (Å²) in [5, 5.41) is 14.1. The van der Waals surface area contributed by atoms with Gasteiger partial charge in [0.25, 0.3) is 0 Å². The van der Waals surface area contributed by atoms with E-state index in [0.29, 0.717) is 6.54 Å². The first-order valence-corrected chi connectivity index (χ1v) is 7.70. The fourth-order valence-electron chi connectivity index (χ4n) is 2.74. The lowest BCUT2D eigenvalue weighted by molar-refractivity contribution is 0.475. The Morgan fingerprint density at radius 1 is 1.08 bits per heavy atom. The van der Waals surface area contributed by atoms with Crippen LogP contribution in [-0.4, -0.2) is 20.1 Å². The topological polar surface area (TPSA) is 73.8 Å². The average molecular weight is 316 g/mol. The molecule has 1 aromatic carbocycles. The van der Waals surface area contributed by atoms with E-state index in [9.17, 15) is 5.11 Å². The normalized spacial score (nSPS) is 10.8. The number of phenolic OH excluding ortho intramolecular Hbond substituents is 1. The molecule has 118 valence electrons. The van der Waals surface area contributed by atoms with Crippen LogP contribution < -0.4 is 5.32 Å². The number of aromatic nitrogens is 3. The highest BCUT2D eigenvalue weighted by atomic mass is 16.3. The minimum absolute atomic E-state index is 0.248. The summed E-state index contributed by atoms with van der Waals surface area (Å²) in [5.41, 5.74) is 3.87. The molecule has 0 aliphatic carbocycles. The molecule has 0 radical (unpaired) electrons. The molecular weight excluding hydrogens is 300 g/mol. The van der Waals surface area contributed by atoms with Crippen molar-refractivity contribution < 1.29 is 5.11 Å². The number of H-pyrrole nitrogens is 1. The number of fused-ring (bicyclic) bond motifs is 1. The average Bonchev–Trinajstić information content (AvgIpc) is 3.08. The second kappa shape index (κ2) is 6.04. The smallest absolute Gasteiger partial charge is 0.140 e. The molecule has 0 saturated heterocycles. The minimum atomic E-state index is 0.248. The van der Waals surface area contributed by atoms with Crippen LogP contribution >= 0.6 is 0 Å². The van der Waals surface area contributed by atoms with Gasteiger partial charge in [-0.25, -0.2) is 4.98 Å². The highest BCUT2D eigenvalue weighted by Gasteiger charge is 2.09. The van der Waals surface area contributed by atoms with E-state index in [4.69, 9.17) is 0 Å². The number of aromatic hydroxyl groups is 1. The summed E-state index contributed by atoms with van der Waals surface area (Å²) in [7, 11) is 0. The van der Waals surface area contributed by atoms with Crippen LogP contribution in [-0.2, 0) is 6.54 Å². The van der Waals surface area contributed by atoms with Crippen LogP contribution in [0.1, 0.15) is 5.56 Å². The zero-order chi connectivity index (χ0) is 16.4. The molecule has 5 heteroatoms. The van der Waals surface area contributed by atoms with Gasteiger partial charge in [0.15, 0.2) is 0 Å². The van der Waals surface area contributed by atoms with E-state index < -0.39 is 0 Å². The number of phenols is 1. The first-order valence-electron chi connectivity index (χ1n) is 7.70. The van der Waals surface area contributed by atoms with Crippen molar-refractivity contribution in [2.45, 2.75) is 6.54 Å². The molecule has 3 N–H and O–H groups in total. The zero-order valence-corrected chi connectivity index (χ0v) is 12.9. The summed E-state index contributed by atoms with van der Waals surface area (Å²) in [6.07, 6.45) is 5.46. The van der Waals surface area contributed by atoms with E-state index in [0.717, 1.165) is 33.5 Å². The summed E-state index contributed by atoms with van der Waals surface area (Å²) < 4.78 is 0. The molecule has 5 nitrogen and oxygen atoms in total. The van der Waals surface area contributed by atoms with Gasteiger partial charge >= 0.3 is 0 Å². The highest BCUT2D eigenvalue weighted by Crippen LogP contribution is 2.31. The number of benzene rings is 1. The maximum Gasteiger partial charge on any atom is 0.140 e. The van der Waals surface area contributed by atoms with Gasteiger partial charge in [-0.15, -0.1) is 0 Å². The molecule has 0 spiro atoms. The number of hydrogen-bond acceptors (Lipinski definition) is 4. The maximum atomic E-state index is 9.77. The van der Waals surface area contributed by atoms with Crippen LogP contribution in [0.5, 0.6) is 5.75 Å². The molecule has 4 rings (SSSR count). The Balaban J connectivity index is 1.72. The Kier molecular flexibility index (Phi) is 3.59. The number of rotatable bonds is 4. The zero-order valence-electron chi connectivity index (χ0n) is 12.9. The molecule has 0 aliphatic heterocycles. The Bertz CT molecular complexity index is 979. The van der Waals surface area contributed by atoms with Gasteiger partial charge < -0.3 is 15.4 Å². The van der Waals surface area contributed by atoms with Crippen molar-refractivity contribution in [3.8, 4) is 16.9 Å². The Hall–Kier alpha value is -3.34. The van der Waals surface area contributed by atoms with Gasteiger partial charge in [0.1, 0.15) is 17.2 Å². The van der Waals surface area contributed by atoms with Gasteiger partial charge in [-0.2, -0.15) is 0 Å². The highest BCUT2D eigenvalue weighted by molar-refractivity contribution is 5.94. The van der Waals surface area contributed by atoms with Gasteiger partial charge in [0.05, 0.1) is 0 Å². The van der Waals surface area contributed by atoms with E-state index in [1.54, 1.807) is 18.3 Å². The third kappa shape index (κ3) is 2.79. The first-order chi connectivity index (χ1) is 11.8. The van der Waals surface area contributed by atoms with E-state index in [1.165, 1.54) is 0 Å². The second-order valence-corrected chi connectivity index (χ2v) is 5.56. The van der Waals surface area contributed by atoms with Gasteiger partial charge in [-0.1, -0.05) is 18.2 Å². The molecule has 0 saturated carbocycles. The fraction of sp³-hybridized carbons (Fsp3) is 0.0526. The maximum absolute atomic E-state index is 9.77. The van der Waals surface area contributed by atoms with E-state index in [2.05, 4.69) is 20.3 Å². The number of nitrogens with zero attached hydrogens (tertiary/aromatic N) is 2. The summed E-state index contributed by atoms with van der Waals surface area (Å²) in [6, 6.07) is 15.2. The standard InChI is InChI=1S/C19H16N4O/c24-15-5-1-4-14(9-15)17-10-18(23-19-16(17)6-8-21-19)22-12-13-3-2-7-20-11-13/h1-11,24H,12H2,(H2,21,22,23). The monoisotopic (exact) mass is 316 g/mol. The van der Waals surface area contributed by atoms with Crippen molar-refractivity contribution in [2.75, 3.05) is 5.32 Å². The lowest BCUT2D eigenvalue weighted by atomic mass is 10.0. The van der Waals surface area contributed by atoms with Crippen molar-refractivity contribution in [3.05, 3.63) is 72.7 Å². The molecule has 0 aliphatic rings. The van der Waals surface area contributed by atoms with Crippen LogP contribution in [0.25, 0.3) is 22.2 Å². The summed E-state index contributed by atoms with van der Waals surface area (Å²) >= 11 is 0. The van der Waals surface area contributed by atoms with Crippen LogP contribution in [0.2, 0.25) is 0 Å². The second-order valence-electron chi connectivity index (χ2n) is 5.56. The summed E-state index contributed by atoms with van der Waals surface area (Å²) in [4.78, 5) is 11.9. The van der Waals surface area contributed by atoms with Gasteiger partial charge in [-0.05, 0) is 47.0 Å². The molecule has 0 atom stereocenters. The van der Waals surface area contributed by atoms with Gasteiger partial charge in [-0.3, -0.25) is 4.98 Å². The lowest BCUT2D eigenvalue weighted by Gasteiger charge is -2.10. The SMILES string of the molecule is Oc1cccc(-c2cc(NCc3cccnc3)nc3[nH]ccc23)c1. The third-order valence-electron chi connectivity index (χ3n) is 3.88. The molecule has 0 bridgehead atoms. The minimum Gasteiger partial charge on any atom is -0.508 e. The van der Waals surface area contributed by atoms with Crippen molar-refractivity contribution >= 4 is 16.9 Å². The van der Waals surface area contributed by atoms with E-state index in [1.807, 2.05) is 48.8 Å². The largest absolute Gasteiger partial charge is 0.508 e. The Morgan fingerprint density at radius 2 is 2.04 bits per heavy atom. The van der Waals surface area contributed by atoms with Gasteiger partial charge in [0, 0.05) is 30.5 Å². The summed E-state index contributed by atoms with van der Waals surface area (Å²) in [5.74, 6) is 1.02. The summed E-state index contributed by atoms with van der Waals surface area (Å²) in [6.45, 7) is 0.645. The molecule has 3 heterocycles. The van der Waals surface area contributed by atoms with Crippen LogP contribution in [0, 0.1) is 0 Å². The van der Waals surface area contributed by atoms with Crippen LogP contribution in [0.15, 0.2) is 67.1 Å². The van der Waals surface area contributed by atoms with E-state index >= 15 is 0 Å².